The Kier molecular flexibility index (Phi) is 8.29. The number of fused-ring (bicyclic) bond motifs is 2. The number of nitrogens with zero attached hydrogens (tertiary/aromatic N) is 4. The molecule has 0 unspecified atom stereocenters. The van der Waals surface area contributed by atoms with Crippen LogP contribution in [0.3, 0.4) is 0 Å². The van der Waals surface area contributed by atoms with Crippen LogP contribution in [-0.4, -0.2) is 50.3 Å². The Morgan fingerprint density at radius 2 is 1.95 bits per heavy atom. The van der Waals surface area contributed by atoms with Crippen molar-refractivity contribution in [2.75, 3.05) is 6.61 Å². The van der Waals surface area contributed by atoms with Gasteiger partial charge in [0, 0.05) is 12.6 Å². The van der Waals surface area contributed by atoms with E-state index in [9.17, 15) is 31.9 Å². The number of esters is 1. The minimum atomic E-state index is -5.10. The molecule has 1 atom stereocenters. The summed E-state index contributed by atoms with van der Waals surface area (Å²) >= 11 is 0. The number of amides is 2. The summed E-state index contributed by atoms with van der Waals surface area (Å²) < 4.78 is 61.4. The second-order valence-electron chi connectivity index (χ2n) is 9.75. The fourth-order valence-electron chi connectivity index (χ4n) is 4.92. The van der Waals surface area contributed by atoms with Crippen molar-refractivity contribution in [3.63, 3.8) is 0 Å². The highest BCUT2D eigenvalue weighted by molar-refractivity contribution is 5.98. The van der Waals surface area contributed by atoms with Gasteiger partial charge in [-0.05, 0) is 60.2 Å². The van der Waals surface area contributed by atoms with Crippen LogP contribution in [0, 0.1) is 12.7 Å². The van der Waals surface area contributed by atoms with Crippen LogP contribution in [0.2, 0.25) is 0 Å². The van der Waals surface area contributed by atoms with Crippen molar-refractivity contribution in [3.8, 4) is 5.75 Å². The van der Waals surface area contributed by atoms with Gasteiger partial charge in [0.2, 0.25) is 0 Å². The molecule has 15 heteroatoms. The molecule has 2 heterocycles. The van der Waals surface area contributed by atoms with E-state index in [-0.39, 0.29) is 35.9 Å². The maximum atomic E-state index is 13.7. The number of alkyl halides is 3. The fraction of sp³-hybridized carbons (Fsp3) is 0.241. The minimum Gasteiger partial charge on any atom is -0.458 e. The molecular formula is C29H24F4N6O5. The third-order valence-corrected chi connectivity index (χ3v) is 6.94. The quantitative estimate of drug-likeness (QED) is 0.163. The molecule has 44 heavy (non-hydrogen) atoms. The smallest absolute Gasteiger partial charge is 0.458 e. The van der Waals surface area contributed by atoms with Gasteiger partial charge in [0.1, 0.15) is 24.3 Å². The summed E-state index contributed by atoms with van der Waals surface area (Å²) in [6, 6.07) is 6.99. The number of nitrogens with one attached hydrogen (secondary N) is 2. The van der Waals surface area contributed by atoms with Crippen LogP contribution >= 0.6 is 0 Å². The van der Waals surface area contributed by atoms with Crippen LogP contribution < -0.4 is 15.4 Å². The lowest BCUT2D eigenvalue weighted by atomic mass is 9.98. The molecular weight excluding hydrogens is 588 g/mol. The Morgan fingerprint density at radius 3 is 2.70 bits per heavy atom. The van der Waals surface area contributed by atoms with Crippen LogP contribution in [-0.2, 0) is 17.7 Å². The number of rotatable bonds is 9. The summed E-state index contributed by atoms with van der Waals surface area (Å²) in [5.41, 5.74) is 2.81. The Labute approximate surface area is 246 Å². The first-order valence-corrected chi connectivity index (χ1v) is 13.2. The lowest BCUT2D eigenvalue weighted by Crippen LogP contribution is -2.30. The van der Waals surface area contributed by atoms with Gasteiger partial charge in [0.25, 0.3) is 17.6 Å². The molecule has 1 aliphatic carbocycles. The molecule has 11 nitrogen and oxygen atoms in total. The maximum Gasteiger partial charge on any atom is 0.573 e. The van der Waals surface area contributed by atoms with E-state index in [1.165, 1.54) is 18.2 Å². The number of carbonyl (C=O) groups is 3. The molecule has 228 valence electrons. The van der Waals surface area contributed by atoms with Crippen molar-refractivity contribution in [2.45, 2.75) is 38.7 Å². The van der Waals surface area contributed by atoms with Gasteiger partial charge in [-0.1, -0.05) is 24.8 Å². The largest absolute Gasteiger partial charge is 0.573 e. The fourth-order valence-corrected chi connectivity index (χ4v) is 4.92. The zero-order valence-electron chi connectivity index (χ0n) is 23.1. The first-order chi connectivity index (χ1) is 20.9. The van der Waals surface area contributed by atoms with E-state index in [2.05, 4.69) is 37.0 Å². The zero-order valence-corrected chi connectivity index (χ0v) is 23.1. The number of hydrogen-bond donors (Lipinski definition) is 2. The number of hydrogen-bond acceptors (Lipinski definition) is 8. The monoisotopic (exact) mass is 612 g/mol. The third-order valence-electron chi connectivity index (χ3n) is 6.94. The standard InChI is InChI=1S/C29H24F4N6O5/c1-3-10-43-27(42)18-5-6-19-17(15(18)2)7-9-21(19)37-26(41)23-12-22(38-28-35-14-36-39(23)28)25(40)34-13-16-4-8-20(30)24(11-16)44-29(31,32)33/h3-6,8,11-12,14,21H,1,7,9-10,13H2,2H3,(H,34,40)(H,37,41)/t21-/m0/s1. The molecule has 0 aliphatic heterocycles. The molecule has 0 bridgehead atoms. The Morgan fingerprint density at radius 1 is 1.16 bits per heavy atom. The Hall–Kier alpha value is -5.34. The molecule has 2 aromatic heterocycles. The number of aromatic nitrogens is 4. The number of ether oxygens (including phenoxy) is 2. The van der Waals surface area contributed by atoms with Gasteiger partial charge in [-0.15, -0.1) is 13.2 Å². The van der Waals surface area contributed by atoms with E-state index in [1.54, 1.807) is 12.1 Å². The van der Waals surface area contributed by atoms with Gasteiger partial charge in [0.15, 0.2) is 11.6 Å². The van der Waals surface area contributed by atoms with Crippen LogP contribution in [0.5, 0.6) is 5.75 Å². The third kappa shape index (κ3) is 6.35. The summed E-state index contributed by atoms with van der Waals surface area (Å²) in [6.45, 7) is 5.14. The topological polar surface area (TPSA) is 137 Å². The average Bonchev–Trinajstić information content (AvgIpc) is 3.62. The van der Waals surface area contributed by atoms with Gasteiger partial charge in [-0.3, -0.25) is 9.59 Å². The summed E-state index contributed by atoms with van der Waals surface area (Å²) in [4.78, 5) is 46.9. The van der Waals surface area contributed by atoms with Gasteiger partial charge in [0.05, 0.1) is 11.6 Å². The molecule has 5 rings (SSSR count). The highest BCUT2D eigenvalue weighted by Crippen LogP contribution is 2.35. The van der Waals surface area contributed by atoms with E-state index >= 15 is 0 Å². The van der Waals surface area contributed by atoms with Crippen molar-refractivity contribution in [1.29, 1.82) is 0 Å². The molecule has 0 saturated heterocycles. The second-order valence-corrected chi connectivity index (χ2v) is 9.75. The van der Waals surface area contributed by atoms with Gasteiger partial charge >= 0.3 is 12.3 Å². The summed E-state index contributed by atoms with van der Waals surface area (Å²) in [5, 5.41) is 9.43. The van der Waals surface area contributed by atoms with Crippen LogP contribution in [0.4, 0.5) is 17.6 Å². The molecule has 1 aliphatic rings. The van der Waals surface area contributed by atoms with Gasteiger partial charge in [-0.25, -0.2) is 14.2 Å². The molecule has 0 saturated carbocycles. The van der Waals surface area contributed by atoms with Crippen molar-refractivity contribution in [2.24, 2.45) is 0 Å². The number of halogens is 4. The van der Waals surface area contributed by atoms with Crippen LogP contribution in [0.1, 0.15) is 66.1 Å². The first-order valence-electron chi connectivity index (χ1n) is 13.2. The van der Waals surface area contributed by atoms with Crippen LogP contribution in [0.25, 0.3) is 5.78 Å². The Balaban J connectivity index is 1.33. The van der Waals surface area contributed by atoms with Crippen molar-refractivity contribution in [3.05, 3.63) is 100 Å². The summed E-state index contributed by atoms with van der Waals surface area (Å²) in [6.07, 6.45) is -1.30. The lowest BCUT2D eigenvalue weighted by Gasteiger charge is -2.16. The second kappa shape index (κ2) is 12.1. The molecule has 0 radical (unpaired) electrons. The van der Waals surface area contributed by atoms with E-state index in [0.717, 1.165) is 39.7 Å². The molecule has 2 N–H and O–H groups in total. The molecule has 2 aromatic carbocycles. The van der Waals surface area contributed by atoms with Crippen LogP contribution in [0.15, 0.2) is 55.4 Å². The minimum absolute atomic E-state index is 0.0456. The SMILES string of the molecule is C=CCOC(=O)c1ccc2c(c1C)CC[C@@H]2NC(=O)c1cc(C(=O)NCc2ccc(F)c(OC(F)(F)F)c2)nc2ncnn12. The normalized spacial score (nSPS) is 14.2. The Bertz CT molecular complexity index is 1790. The maximum absolute atomic E-state index is 13.7. The predicted molar refractivity (Wildman–Crippen MR) is 145 cm³/mol. The lowest BCUT2D eigenvalue weighted by molar-refractivity contribution is -0.275. The summed E-state index contributed by atoms with van der Waals surface area (Å²) in [7, 11) is 0. The van der Waals surface area contributed by atoms with E-state index in [0.29, 0.717) is 18.4 Å². The number of benzene rings is 2. The first kappa shape index (κ1) is 30.1. The molecule has 4 aromatic rings. The zero-order chi connectivity index (χ0) is 31.6. The highest BCUT2D eigenvalue weighted by Gasteiger charge is 2.33. The predicted octanol–water partition coefficient (Wildman–Crippen LogP) is 4.16. The highest BCUT2D eigenvalue weighted by atomic mass is 19.4. The van der Waals surface area contributed by atoms with E-state index < -0.39 is 41.8 Å². The summed E-state index contributed by atoms with van der Waals surface area (Å²) in [5.74, 6) is -4.13. The molecule has 0 fully saturated rings. The van der Waals surface area contributed by atoms with Gasteiger partial charge in [-0.2, -0.15) is 14.6 Å². The average molecular weight is 613 g/mol. The van der Waals surface area contributed by atoms with E-state index in [1.807, 2.05) is 6.92 Å². The molecule has 0 spiro atoms. The molecule has 2 amide bonds. The van der Waals surface area contributed by atoms with Crippen molar-refractivity contribution >= 4 is 23.6 Å². The van der Waals surface area contributed by atoms with Crippen molar-refractivity contribution < 1.29 is 41.4 Å². The number of carbonyl (C=O) groups excluding carboxylic acids is 3. The van der Waals surface area contributed by atoms with E-state index in [4.69, 9.17) is 4.74 Å². The van der Waals surface area contributed by atoms with Gasteiger partial charge < -0.3 is 20.1 Å². The van der Waals surface area contributed by atoms with Crippen molar-refractivity contribution in [1.82, 2.24) is 30.2 Å².